The summed E-state index contributed by atoms with van der Waals surface area (Å²) in [4.78, 5) is 2.35. The molecule has 0 saturated heterocycles. The van der Waals surface area contributed by atoms with Crippen LogP contribution in [0.15, 0.2) is 242 Å². The number of benzene rings is 10. The molecule has 2 heteroatoms. The summed E-state index contributed by atoms with van der Waals surface area (Å²) >= 11 is 0. The van der Waals surface area contributed by atoms with Crippen molar-refractivity contribution in [2.45, 2.75) is 0 Å². The molecule has 0 atom stereocenters. The van der Waals surface area contributed by atoms with Gasteiger partial charge in [0.25, 0.3) is 0 Å². The van der Waals surface area contributed by atoms with Crippen LogP contribution in [0.3, 0.4) is 0 Å². The van der Waals surface area contributed by atoms with E-state index in [0.29, 0.717) is 5.56 Å². The summed E-state index contributed by atoms with van der Waals surface area (Å²) in [5.74, 6) is 0. The quantitative estimate of drug-likeness (QED) is 0.149. The zero-order valence-corrected chi connectivity index (χ0v) is 32.4. The molecule has 10 aromatic carbocycles. The number of rotatable bonds is 8. The molecule has 11 rings (SSSR count). The third kappa shape index (κ3) is 6.23. The zero-order valence-electron chi connectivity index (χ0n) is 39.4. The summed E-state index contributed by atoms with van der Waals surface area (Å²) in [5.41, 5.74) is 13.2. The van der Waals surface area contributed by atoms with Crippen LogP contribution in [0.2, 0.25) is 0 Å². The van der Waals surface area contributed by atoms with Gasteiger partial charge in [-0.05, 0) is 98.7 Å². The number of aromatic nitrogens is 1. The molecule has 0 saturated carbocycles. The molecule has 1 aromatic heterocycles. The van der Waals surface area contributed by atoms with Crippen LogP contribution in [-0.4, -0.2) is 4.57 Å². The molecule has 2 nitrogen and oxygen atoms in total. The Morgan fingerprint density at radius 3 is 1.67 bits per heavy atom. The highest BCUT2D eigenvalue weighted by Gasteiger charge is 2.23. The monoisotopic (exact) mass is 771 g/mol. The van der Waals surface area contributed by atoms with Crippen molar-refractivity contribution in [3.63, 3.8) is 0 Å². The molecule has 0 amide bonds. The third-order valence-electron chi connectivity index (χ3n) is 11.3. The standard InChI is InChI=1S/C58H40N2/c1-3-17-45(18-4-1)50-22-9-12-26-54(50)59(49-38-36-43(37-39-49)42-30-32-44(33-31-42)47-35-34-41-16-7-8-19-46(41)40-47)55-27-13-10-23-51(55)52-25-15-29-57-58(52)53-24-11-14-28-56(53)60(57)48-20-5-2-6-21-48/h1-40H/i7D,8D,16D,19D,34D,35D,40D. The molecule has 0 aliphatic heterocycles. The molecule has 0 radical (unpaired) electrons. The van der Waals surface area contributed by atoms with Gasteiger partial charge in [0.15, 0.2) is 0 Å². The van der Waals surface area contributed by atoms with E-state index in [1.54, 1.807) is 12.1 Å². The molecule has 60 heavy (non-hydrogen) atoms. The van der Waals surface area contributed by atoms with Crippen LogP contribution in [0.25, 0.3) is 82.8 Å². The second-order valence-electron chi connectivity index (χ2n) is 14.7. The summed E-state index contributed by atoms with van der Waals surface area (Å²) in [6.07, 6.45) is 0. The summed E-state index contributed by atoms with van der Waals surface area (Å²) in [5, 5.41) is 2.17. The lowest BCUT2D eigenvalue weighted by atomic mass is 9.95. The van der Waals surface area contributed by atoms with E-state index in [1.165, 1.54) is 10.8 Å². The first-order valence-corrected chi connectivity index (χ1v) is 20.0. The average molecular weight is 772 g/mol. The first-order valence-electron chi connectivity index (χ1n) is 23.5. The van der Waals surface area contributed by atoms with Gasteiger partial charge in [0.1, 0.15) is 0 Å². The lowest BCUT2D eigenvalue weighted by Crippen LogP contribution is -2.12. The smallest absolute Gasteiger partial charge is 0.0636 e. The molecule has 0 fully saturated rings. The van der Waals surface area contributed by atoms with E-state index in [-0.39, 0.29) is 40.5 Å². The maximum absolute atomic E-state index is 9.04. The van der Waals surface area contributed by atoms with E-state index in [9.17, 15) is 0 Å². The van der Waals surface area contributed by atoms with Crippen molar-refractivity contribution in [2.24, 2.45) is 0 Å². The minimum absolute atomic E-state index is 0.0581. The van der Waals surface area contributed by atoms with Crippen molar-refractivity contribution in [3.05, 3.63) is 242 Å². The van der Waals surface area contributed by atoms with Gasteiger partial charge in [0.2, 0.25) is 0 Å². The lowest BCUT2D eigenvalue weighted by molar-refractivity contribution is 1.18. The van der Waals surface area contributed by atoms with Crippen LogP contribution < -0.4 is 4.90 Å². The minimum Gasteiger partial charge on any atom is -0.309 e. The van der Waals surface area contributed by atoms with Gasteiger partial charge < -0.3 is 9.47 Å². The highest BCUT2D eigenvalue weighted by Crippen LogP contribution is 2.47. The van der Waals surface area contributed by atoms with E-state index in [2.05, 4.69) is 173 Å². The predicted octanol–water partition coefficient (Wildman–Crippen LogP) is 16.1. The fraction of sp³-hybridized carbons (Fsp3) is 0. The average Bonchev–Trinajstić information content (AvgIpc) is 3.72. The summed E-state index contributed by atoms with van der Waals surface area (Å²) < 4.78 is 62.3. The summed E-state index contributed by atoms with van der Waals surface area (Å²) in [7, 11) is 0. The number of anilines is 3. The Labute approximate surface area is 360 Å². The first-order chi connectivity index (χ1) is 32.7. The van der Waals surface area contributed by atoms with Crippen molar-refractivity contribution in [1.82, 2.24) is 4.57 Å². The zero-order chi connectivity index (χ0) is 45.9. The first kappa shape index (κ1) is 28.5. The van der Waals surface area contributed by atoms with Crippen LogP contribution in [-0.2, 0) is 0 Å². The number of para-hydroxylation sites is 4. The highest BCUT2D eigenvalue weighted by atomic mass is 15.1. The molecule has 0 aliphatic carbocycles. The predicted molar refractivity (Wildman–Crippen MR) is 255 cm³/mol. The van der Waals surface area contributed by atoms with E-state index in [0.717, 1.165) is 67.2 Å². The lowest BCUT2D eigenvalue weighted by Gasteiger charge is -2.30. The Morgan fingerprint density at radius 1 is 0.367 bits per heavy atom. The summed E-state index contributed by atoms with van der Waals surface area (Å²) in [6, 6.07) is 66.7. The molecule has 0 spiro atoms. The molecule has 282 valence electrons. The van der Waals surface area contributed by atoms with Gasteiger partial charge in [0.05, 0.1) is 32.0 Å². The van der Waals surface area contributed by atoms with E-state index >= 15 is 0 Å². The van der Waals surface area contributed by atoms with Crippen molar-refractivity contribution >= 4 is 49.6 Å². The van der Waals surface area contributed by atoms with Crippen LogP contribution in [0, 0.1) is 0 Å². The van der Waals surface area contributed by atoms with Crippen molar-refractivity contribution in [1.29, 1.82) is 0 Å². The van der Waals surface area contributed by atoms with Crippen LogP contribution in [0.1, 0.15) is 9.60 Å². The Morgan fingerprint density at radius 2 is 0.917 bits per heavy atom. The van der Waals surface area contributed by atoms with Gasteiger partial charge in [-0.25, -0.2) is 0 Å². The van der Waals surface area contributed by atoms with Gasteiger partial charge in [-0.3, -0.25) is 0 Å². The third-order valence-corrected chi connectivity index (χ3v) is 11.3. The van der Waals surface area contributed by atoms with Crippen molar-refractivity contribution in [3.8, 4) is 50.2 Å². The number of fused-ring (bicyclic) bond motifs is 4. The van der Waals surface area contributed by atoms with Gasteiger partial charge >= 0.3 is 0 Å². The topological polar surface area (TPSA) is 8.17 Å². The van der Waals surface area contributed by atoms with Gasteiger partial charge in [0, 0.05) is 33.3 Å². The van der Waals surface area contributed by atoms with Crippen LogP contribution in [0.5, 0.6) is 0 Å². The molecule has 11 aromatic rings. The Balaban J connectivity index is 1.05. The molecule has 0 aliphatic rings. The van der Waals surface area contributed by atoms with Gasteiger partial charge in [-0.1, -0.05) is 188 Å². The minimum atomic E-state index is -0.484. The molecule has 0 unspecified atom stereocenters. The second-order valence-corrected chi connectivity index (χ2v) is 14.7. The largest absolute Gasteiger partial charge is 0.309 e. The maximum Gasteiger partial charge on any atom is 0.0636 e. The van der Waals surface area contributed by atoms with Crippen molar-refractivity contribution in [2.75, 3.05) is 4.90 Å². The molecule has 0 N–H and O–H groups in total. The fourth-order valence-corrected chi connectivity index (χ4v) is 8.49. The number of hydrogen-bond acceptors (Lipinski definition) is 1. The number of nitrogens with zero attached hydrogens (tertiary/aromatic N) is 2. The van der Waals surface area contributed by atoms with Gasteiger partial charge in [-0.2, -0.15) is 0 Å². The Kier molecular flexibility index (Phi) is 7.16. The van der Waals surface area contributed by atoms with Gasteiger partial charge in [-0.15, -0.1) is 0 Å². The molecular weight excluding hydrogens is 725 g/mol. The van der Waals surface area contributed by atoms with Crippen molar-refractivity contribution < 1.29 is 9.60 Å². The van der Waals surface area contributed by atoms with E-state index in [1.807, 2.05) is 24.3 Å². The van der Waals surface area contributed by atoms with Crippen LogP contribution in [0.4, 0.5) is 17.1 Å². The summed E-state index contributed by atoms with van der Waals surface area (Å²) in [6.45, 7) is 0. The van der Waals surface area contributed by atoms with E-state index < -0.39 is 18.1 Å². The fourth-order valence-electron chi connectivity index (χ4n) is 8.49. The molecule has 1 heterocycles. The number of hydrogen-bond donors (Lipinski definition) is 0. The second kappa shape index (κ2) is 15.1. The highest BCUT2D eigenvalue weighted by molar-refractivity contribution is 6.17. The molecular formula is C58H40N2. The Bertz CT molecular complexity index is 3700. The molecule has 0 bridgehead atoms. The normalized spacial score (nSPS) is 13.0. The maximum atomic E-state index is 9.04. The van der Waals surface area contributed by atoms with E-state index in [4.69, 9.17) is 9.60 Å². The van der Waals surface area contributed by atoms with Crippen LogP contribution >= 0.6 is 0 Å². The Hall–Kier alpha value is -7.94. The SMILES string of the molecule is [2H]c1c([2H])c([2H])c2c([2H])c(-c3ccc(-c4ccc(N(c5ccccc5-c5ccccc5)c5ccccc5-c5cccc6c5c5ccccc5n6-c5ccccc5)cc4)cc3)c([2H])c([2H])c2c1[2H].